The number of aliphatic hydroxyl groups excluding tert-OH is 1. The number of fused-ring (bicyclic) bond motifs is 2. The number of nitrogen functional groups attached to an aromatic ring is 1. The van der Waals surface area contributed by atoms with Crippen LogP contribution in [0.4, 0.5) is 5.82 Å². The maximum Gasteiger partial charge on any atom is 0.335 e. The number of halogens is 1. The van der Waals surface area contributed by atoms with Crippen LogP contribution < -0.4 is 5.73 Å². The highest BCUT2D eigenvalue weighted by Crippen LogP contribution is 2.48. The third kappa shape index (κ3) is 4.31. The summed E-state index contributed by atoms with van der Waals surface area (Å²) in [6.07, 6.45) is -1.50. The molecule has 196 valence electrons. The number of hydrogen-bond donors (Lipinski definition) is 2. The van der Waals surface area contributed by atoms with Crippen molar-refractivity contribution >= 4 is 50.0 Å². The van der Waals surface area contributed by atoms with Gasteiger partial charge in [-0.15, -0.1) is 0 Å². The molecule has 0 aliphatic carbocycles. The summed E-state index contributed by atoms with van der Waals surface area (Å²) >= 11 is 3.49. The molecule has 4 heterocycles. The lowest BCUT2D eigenvalue weighted by molar-refractivity contribution is -0.0578. The second kappa shape index (κ2) is 9.74. The van der Waals surface area contributed by atoms with Gasteiger partial charge < -0.3 is 28.5 Å². The van der Waals surface area contributed by atoms with Crippen molar-refractivity contribution in [3.05, 3.63) is 11.1 Å². The van der Waals surface area contributed by atoms with E-state index in [0.29, 0.717) is 15.9 Å². The number of nitrogens with two attached hydrogens (primary N) is 1. The van der Waals surface area contributed by atoms with Gasteiger partial charge in [0.15, 0.2) is 27.9 Å². The van der Waals surface area contributed by atoms with Crippen LogP contribution in [0.25, 0.3) is 11.2 Å². The van der Waals surface area contributed by atoms with Crippen LogP contribution in [0.15, 0.2) is 11.1 Å². The van der Waals surface area contributed by atoms with E-state index in [4.69, 9.17) is 23.4 Å². The van der Waals surface area contributed by atoms with Gasteiger partial charge in [0.1, 0.15) is 24.6 Å². The molecule has 35 heavy (non-hydrogen) atoms. The SMILES string of the molecule is CC(C)[Si]1(C(C)C)OC[C@H]2O[C@@H](n3c(Br)nc4c(N)ncnc43)[C@H](O)[C@@H]2O[Si](C(C)C)(C(C)C)O1. The molecule has 3 N–H and O–H groups in total. The van der Waals surface area contributed by atoms with Gasteiger partial charge in [0.05, 0.1) is 6.61 Å². The van der Waals surface area contributed by atoms with Crippen molar-refractivity contribution in [1.29, 1.82) is 0 Å². The Morgan fingerprint density at radius 2 is 1.63 bits per heavy atom. The van der Waals surface area contributed by atoms with Crippen molar-refractivity contribution < 1.29 is 22.8 Å². The summed E-state index contributed by atoms with van der Waals surface area (Å²) in [5.74, 6) is 0.261. The van der Waals surface area contributed by atoms with Crippen LogP contribution in [0.1, 0.15) is 61.6 Å². The molecule has 2 aliphatic rings. The molecule has 0 aromatic carbocycles. The highest BCUT2D eigenvalue weighted by atomic mass is 79.9. The van der Waals surface area contributed by atoms with Crippen molar-refractivity contribution in [2.75, 3.05) is 12.3 Å². The van der Waals surface area contributed by atoms with Gasteiger partial charge in [0.25, 0.3) is 0 Å². The minimum atomic E-state index is -2.88. The first-order chi connectivity index (χ1) is 16.4. The van der Waals surface area contributed by atoms with E-state index >= 15 is 0 Å². The van der Waals surface area contributed by atoms with E-state index in [1.165, 1.54) is 6.33 Å². The Hall–Kier alpha value is -0.936. The molecule has 0 unspecified atom stereocenters. The van der Waals surface area contributed by atoms with Crippen LogP contribution in [0.3, 0.4) is 0 Å². The van der Waals surface area contributed by atoms with Crippen molar-refractivity contribution in [2.24, 2.45) is 0 Å². The number of ether oxygens (including phenoxy) is 1. The number of aliphatic hydroxyl groups is 1. The molecule has 4 rings (SSSR count). The zero-order valence-corrected chi connectivity index (χ0v) is 25.3. The predicted molar refractivity (Wildman–Crippen MR) is 141 cm³/mol. The molecule has 0 amide bonds. The normalized spacial score (nSPS) is 28.7. The second-order valence-electron chi connectivity index (χ2n) is 10.8. The monoisotopic (exact) mass is 587 g/mol. The smallest absolute Gasteiger partial charge is 0.335 e. The zero-order chi connectivity index (χ0) is 25.9. The fourth-order valence-corrected chi connectivity index (χ4v) is 17.2. The number of aromatic nitrogens is 4. The van der Waals surface area contributed by atoms with E-state index in [-0.39, 0.29) is 34.6 Å². The fourth-order valence-electron chi connectivity index (χ4n) is 5.48. The van der Waals surface area contributed by atoms with Crippen LogP contribution in [0.2, 0.25) is 22.2 Å². The Balaban J connectivity index is 1.80. The lowest BCUT2D eigenvalue weighted by Gasteiger charge is -2.51. The lowest BCUT2D eigenvalue weighted by Crippen LogP contribution is -2.65. The molecule has 2 aliphatic heterocycles. The summed E-state index contributed by atoms with van der Waals surface area (Å²) in [6.45, 7) is 17.6. The maximum atomic E-state index is 11.6. The second-order valence-corrected chi connectivity index (χ2v) is 20.3. The van der Waals surface area contributed by atoms with E-state index in [1.807, 2.05) is 0 Å². The molecule has 13 heteroatoms. The Labute approximate surface area is 217 Å². The number of rotatable bonds is 5. The van der Waals surface area contributed by atoms with E-state index in [0.717, 1.165) is 0 Å². The Morgan fingerprint density at radius 3 is 2.20 bits per heavy atom. The first-order valence-electron chi connectivity index (χ1n) is 12.3. The van der Waals surface area contributed by atoms with Crippen LogP contribution in [0.5, 0.6) is 0 Å². The summed E-state index contributed by atoms with van der Waals surface area (Å²) in [5.41, 5.74) is 7.68. The molecule has 4 atom stereocenters. The molecule has 2 aromatic heterocycles. The van der Waals surface area contributed by atoms with Gasteiger partial charge in [0.2, 0.25) is 0 Å². The quantitative estimate of drug-likeness (QED) is 0.386. The molecule has 2 saturated heterocycles. The van der Waals surface area contributed by atoms with Crippen molar-refractivity contribution in [3.8, 4) is 0 Å². The van der Waals surface area contributed by atoms with Gasteiger partial charge in [-0.05, 0) is 38.1 Å². The highest BCUT2D eigenvalue weighted by Gasteiger charge is 2.61. The minimum absolute atomic E-state index is 0.147. The van der Waals surface area contributed by atoms with Gasteiger partial charge in [-0.1, -0.05) is 55.4 Å². The Morgan fingerprint density at radius 1 is 1.03 bits per heavy atom. The van der Waals surface area contributed by atoms with Crippen LogP contribution in [-0.4, -0.2) is 66.7 Å². The number of anilines is 1. The zero-order valence-electron chi connectivity index (χ0n) is 21.7. The number of nitrogens with zero attached hydrogens (tertiary/aromatic N) is 4. The van der Waals surface area contributed by atoms with Gasteiger partial charge in [-0.3, -0.25) is 4.57 Å². The standard InChI is InChI=1S/C22H38BrN5O5Si2/c1-11(2)34(12(3)4)30-9-15-18(32-35(33-34,13(5)6)14(7)8)17(29)21(31-15)28-20-16(27-22(28)23)19(24)25-10-26-20/h10-15,17-18,21,29H,9H2,1-8H3,(H2,24,25,26)/t15-,17-,18-,21-/m1/s1. The molecule has 2 fully saturated rings. The summed E-state index contributed by atoms with van der Waals surface area (Å²) in [5, 5.41) is 11.6. The molecule has 0 saturated carbocycles. The van der Waals surface area contributed by atoms with Gasteiger partial charge in [-0.25, -0.2) is 15.0 Å². The van der Waals surface area contributed by atoms with Crippen molar-refractivity contribution in [3.63, 3.8) is 0 Å². The third-order valence-electron chi connectivity index (χ3n) is 7.36. The third-order valence-corrected chi connectivity index (χ3v) is 18.2. The Bertz CT molecular complexity index is 1050. The van der Waals surface area contributed by atoms with Crippen molar-refractivity contribution in [1.82, 2.24) is 19.5 Å². The van der Waals surface area contributed by atoms with E-state index in [1.54, 1.807) is 4.57 Å². The first-order valence-corrected chi connectivity index (χ1v) is 17.1. The van der Waals surface area contributed by atoms with E-state index < -0.39 is 41.7 Å². The average molecular weight is 589 g/mol. The molecule has 10 nitrogen and oxygen atoms in total. The molecular weight excluding hydrogens is 550 g/mol. The highest BCUT2D eigenvalue weighted by molar-refractivity contribution is 9.10. The first kappa shape index (κ1) is 27.1. The summed E-state index contributed by atoms with van der Waals surface area (Å²) in [4.78, 5) is 12.8. The van der Waals surface area contributed by atoms with E-state index in [2.05, 4.69) is 86.3 Å². The average Bonchev–Trinajstić information content (AvgIpc) is 3.24. The largest absolute Gasteiger partial charge is 0.414 e. The molecule has 0 radical (unpaired) electrons. The summed E-state index contributed by atoms with van der Waals surface area (Å²) in [7, 11) is -5.59. The summed E-state index contributed by atoms with van der Waals surface area (Å²) < 4.78 is 29.6. The minimum Gasteiger partial charge on any atom is -0.414 e. The van der Waals surface area contributed by atoms with Crippen LogP contribution >= 0.6 is 15.9 Å². The predicted octanol–water partition coefficient (Wildman–Crippen LogP) is 4.39. The fraction of sp³-hybridized carbons (Fsp3) is 0.773. The van der Waals surface area contributed by atoms with Gasteiger partial charge in [-0.2, -0.15) is 0 Å². The summed E-state index contributed by atoms with van der Waals surface area (Å²) in [6, 6.07) is 0. The number of hydrogen-bond acceptors (Lipinski definition) is 9. The van der Waals surface area contributed by atoms with E-state index in [9.17, 15) is 5.11 Å². The molecule has 0 spiro atoms. The van der Waals surface area contributed by atoms with Crippen LogP contribution in [-0.2, 0) is 17.7 Å². The van der Waals surface area contributed by atoms with Gasteiger partial charge in [0, 0.05) is 0 Å². The maximum absolute atomic E-state index is 11.6. The van der Waals surface area contributed by atoms with Gasteiger partial charge >= 0.3 is 17.1 Å². The lowest BCUT2D eigenvalue weighted by atomic mass is 10.1. The Kier molecular flexibility index (Phi) is 7.55. The molecule has 0 bridgehead atoms. The topological polar surface area (TPSA) is 127 Å². The molecule has 2 aromatic rings. The van der Waals surface area contributed by atoms with Crippen LogP contribution in [0, 0.1) is 0 Å². The number of imidazole rings is 1. The van der Waals surface area contributed by atoms with Crippen molar-refractivity contribution in [2.45, 2.75) is 102 Å². The molecular formula is C22H38BrN5O5Si2.